The van der Waals surface area contributed by atoms with Gasteiger partial charge in [-0.05, 0) is 44.4 Å². The molecule has 12 heteroatoms. The van der Waals surface area contributed by atoms with Gasteiger partial charge in [0.1, 0.15) is 17.2 Å². The summed E-state index contributed by atoms with van der Waals surface area (Å²) in [7, 11) is -2.12. The van der Waals surface area contributed by atoms with Crippen molar-refractivity contribution in [1.29, 1.82) is 0 Å². The first-order valence-corrected chi connectivity index (χ1v) is 14.7. The molecule has 4 heterocycles. The highest BCUT2D eigenvalue weighted by Crippen LogP contribution is 2.33. The molecule has 1 unspecified atom stereocenters. The van der Waals surface area contributed by atoms with Crippen LogP contribution in [0.2, 0.25) is 0 Å². The van der Waals surface area contributed by atoms with Crippen LogP contribution in [0.3, 0.4) is 0 Å². The third-order valence-electron chi connectivity index (χ3n) is 7.45. The average molecular weight is 544 g/mol. The lowest BCUT2D eigenvalue weighted by Crippen LogP contribution is -2.50. The van der Waals surface area contributed by atoms with Crippen LogP contribution in [0.4, 0.5) is 17.5 Å². The lowest BCUT2D eigenvalue weighted by molar-refractivity contribution is 0.00610. The van der Waals surface area contributed by atoms with Gasteiger partial charge < -0.3 is 25.1 Å². The molecule has 0 bridgehead atoms. The van der Waals surface area contributed by atoms with Crippen LogP contribution < -0.4 is 15.4 Å². The van der Waals surface area contributed by atoms with E-state index in [9.17, 15) is 8.42 Å². The third-order valence-corrected chi connectivity index (χ3v) is 9.35. The predicted molar refractivity (Wildman–Crippen MR) is 148 cm³/mol. The number of sulfonamides is 1. The highest BCUT2D eigenvalue weighted by molar-refractivity contribution is 7.89. The van der Waals surface area contributed by atoms with Gasteiger partial charge in [0.25, 0.3) is 0 Å². The van der Waals surface area contributed by atoms with E-state index < -0.39 is 10.0 Å². The van der Waals surface area contributed by atoms with Gasteiger partial charge in [0.2, 0.25) is 16.0 Å². The molecule has 1 aromatic carbocycles. The van der Waals surface area contributed by atoms with Crippen LogP contribution in [0.25, 0.3) is 11.0 Å². The van der Waals surface area contributed by atoms with Crippen molar-refractivity contribution in [2.45, 2.75) is 50.1 Å². The highest BCUT2D eigenvalue weighted by atomic mass is 32.2. The molecular weight excluding hydrogens is 506 g/mol. The van der Waals surface area contributed by atoms with Crippen molar-refractivity contribution in [3.63, 3.8) is 0 Å². The number of ether oxygens (including phenoxy) is 2. The van der Waals surface area contributed by atoms with Gasteiger partial charge in [-0.15, -0.1) is 0 Å². The molecule has 0 radical (unpaired) electrons. The van der Waals surface area contributed by atoms with E-state index in [0.29, 0.717) is 42.2 Å². The standard InChI is InChI=1S/C26H37N7O4S/c1-4-18(2)28-25-21-7-10-27-24(21)30-26(31-25)29-22-6-5-20(17-23(22)36-3)38(34,35)33-11-8-19(9-12-33)32-13-15-37-16-14-32/h5-7,10,17-19H,4,8-9,11-16H2,1-3H3,(H3,27,28,29,30,31). The largest absolute Gasteiger partial charge is 0.495 e. The molecule has 3 N–H and O–H groups in total. The maximum atomic E-state index is 13.5. The smallest absolute Gasteiger partial charge is 0.243 e. The summed E-state index contributed by atoms with van der Waals surface area (Å²) in [5.74, 6) is 1.51. The number of aromatic amines is 1. The fourth-order valence-corrected chi connectivity index (χ4v) is 6.52. The number of nitrogens with one attached hydrogen (secondary N) is 3. The van der Waals surface area contributed by atoms with E-state index in [1.165, 1.54) is 7.11 Å². The summed E-state index contributed by atoms with van der Waals surface area (Å²) >= 11 is 0. The molecular formula is C26H37N7O4S. The van der Waals surface area contributed by atoms with Crippen LogP contribution in [-0.4, -0.2) is 91.2 Å². The molecule has 2 aromatic heterocycles. The minimum absolute atomic E-state index is 0.213. The van der Waals surface area contributed by atoms with Crippen molar-refractivity contribution >= 4 is 38.5 Å². The Morgan fingerprint density at radius 3 is 2.63 bits per heavy atom. The number of aromatic nitrogens is 3. The number of morpholine rings is 1. The maximum Gasteiger partial charge on any atom is 0.243 e. The minimum atomic E-state index is -3.65. The SMILES string of the molecule is CCC(C)Nc1nc(Nc2ccc(S(=O)(=O)N3CCC(N4CCOCC4)CC3)cc2OC)nc2[nH]ccc12. The summed E-state index contributed by atoms with van der Waals surface area (Å²) in [5.41, 5.74) is 1.28. The monoisotopic (exact) mass is 543 g/mol. The predicted octanol–water partition coefficient (Wildman–Crippen LogP) is 3.41. The lowest BCUT2D eigenvalue weighted by atomic mass is 10.0. The van der Waals surface area contributed by atoms with Gasteiger partial charge in [-0.2, -0.15) is 14.3 Å². The molecule has 2 saturated heterocycles. The van der Waals surface area contributed by atoms with E-state index in [1.54, 1.807) is 22.5 Å². The first-order valence-electron chi connectivity index (χ1n) is 13.3. The Hall–Kier alpha value is -2.93. The van der Waals surface area contributed by atoms with Crippen molar-refractivity contribution in [2.75, 3.05) is 57.1 Å². The maximum absolute atomic E-state index is 13.5. The van der Waals surface area contributed by atoms with Crippen molar-refractivity contribution < 1.29 is 17.9 Å². The number of piperidine rings is 1. The molecule has 0 saturated carbocycles. The van der Waals surface area contributed by atoms with E-state index in [2.05, 4.69) is 44.3 Å². The molecule has 38 heavy (non-hydrogen) atoms. The second-order valence-corrected chi connectivity index (χ2v) is 11.8. The number of fused-ring (bicyclic) bond motifs is 1. The number of hydrogen-bond acceptors (Lipinski definition) is 9. The molecule has 2 aliphatic rings. The van der Waals surface area contributed by atoms with Crippen LogP contribution in [-0.2, 0) is 14.8 Å². The number of H-pyrrole nitrogens is 1. The fraction of sp³-hybridized carbons (Fsp3) is 0.538. The minimum Gasteiger partial charge on any atom is -0.495 e. The Balaban J connectivity index is 1.32. The van der Waals surface area contributed by atoms with Gasteiger partial charge in [0.15, 0.2) is 0 Å². The molecule has 0 aliphatic carbocycles. The zero-order valence-electron chi connectivity index (χ0n) is 22.2. The molecule has 11 nitrogen and oxygen atoms in total. The Morgan fingerprint density at radius 1 is 1.16 bits per heavy atom. The third kappa shape index (κ3) is 5.58. The van der Waals surface area contributed by atoms with Crippen molar-refractivity contribution in [3.05, 3.63) is 30.5 Å². The number of nitrogens with zero attached hydrogens (tertiary/aromatic N) is 4. The van der Waals surface area contributed by atoms with Gasteiger partial charge in [-0.3, -0.25) is 4.90 Å². The summed E-state index contributed by atoms with van der Waals surface area (Å²) in [4.78, 5) is 15.0. The van der Waals surface area contributed by atoms with Crippen LogP contribution in [0.1, 0.15) is 33.1 Å². The Kier molecular flexibility index (Phi) is 8.03. The van der Waals surface area contributed by atoms with Gasteiger partial charge in [0.05, 0.1) is 36.3 Å². The fourth-order valence-electron chi connectivity index (χ4n) is 5.04. The summed E-state index contributed by atoms with van der Waals surface area (Å²) in [6.07, 6.45) is 4.42. The Labute approximate surface area is 224 Å². The van der Waals surface area contributed by atoms with E-state index in [1.807, 2.05) is 12.3 Å². The van der Waals surface area contributed by atoms with Gasteiger partial charge in [-0.25, -0.2) is 8.42 Å². The summed E-state index contributed by atoms with van der Waals surface area (Å²) < 4.78 is 39.6. The average Bonchev–Trinajstić information content (AvgIpc) is 3.43. The first-order chi connectivity index (χ1) is 18.4. The summed E-state index contributed by atoms with van der Waals surface area (Å²) in [5, 5.41) is 7.54. The lowest BCUT2D eigenvalue weighted by Gasteiger charge is -2.39. The van der Waals surface area contributed by atoms with Crippen LogP contribution in [0.15, 0.2) is 35.4 Å². The number of hydrogen-bond donors (Lipinski definition) is 3. The van der Waals surface area contributed by atoms with E-state index in [4.69, 9.17) is 9.47 Å². The topological polar surface area (TPSA) is 125 Å². The van der Waals surface area contributed by atoms with E-state index in [0.717, 1.165) is 56.8 Å². The van der Waals surface area contributed by atoms with Crippen LogP contribution >= 0.6 is 0 Å². The normalized spacial score (nSPS) is 18.9. The molecule has 0 spiro atoms. The number of benzene rings is 1. The number of methoxy groups -OCH3 is 1. The Bertz CT molecular complexity index is 1350. The van der Waals surface area contributed by atoms with Gasteiger partial charge >= 0.3 is 0 Å². The quantitative estimate of drug-likeness (QED) is 0.372. The number of anilines is 3. The summed E-state index contributed by atoms with van der Waals surface area (Å²) in [6.45, 7) is 8.54. The molecule has 2 fully saturated rings. The van der Waals surface area contributed by atoms with Crippen molar-refractivity contribution in [2.24, 2.45) is 0 Å². The second-order valence-electron chi connectivity index (χ2n) is 9.86. The highest BCUT2D eigenvalue weighted by Gasteiger charge is 2.32. The molecule has 0 amide bonds. The summed E-state index contributed by atoms with van der Waals surface area (Å²) in [6, 6.07) is 7.47. The molecule has 5 rings (SSSR count). The van der Waals surface area contributed by atoms with Crippen LogP contribution in [0.5, 0.6) is 5.75 Å². The van der Waals surface area contributed by atoms with Crippen LogP contribution in [0, 0.1) is 0 Å². The molecule has 3 aromatic rings. The van der Waals surface area contributed by atoms with Gasteiger partial charge in [0, 0.05) is 50.5 Å². The second kappa shape index (κ2) is 11.4. The molecule has 2 aliphatic heterocycles. The molecule has 206 valence electrons. The zero-order valence-corrected chi connectivity index (χ0v) is 23.1. The van der Waals surface area contributed by atoms with Crippen molar-refractivity contribution in [1.82, 2.24) is 24.2 Å². The van der Waals surface area contributed by atoms with Gasteiger partial charge in [-0.1, -0.05) is 6.92 Å². The van der Waals surface area contributed by atoms with E-state index >= 15 is 0 Å². The Morgan fingerprint density at radius 2 is 1.92 bits per heavy atom. The zero-order chi connectivity index (χ0) is 26.7. The molecule has 1 atom stereocenters. The number of rotatable bonds is 9. The van der Waals surface area contributed by atoms with Crippen molar-refractivity contribution in [3.8, 4) is 5.75 Å². The first kappa shape index (κ1) is 26.7. The van der Waals surface area contributed by atoms with E-state index in [-0.39, 0.29) is 10.9 Å².